The second-order valence-corrected chi connectivity index (χ2v) is 7.68. The summed E-state index contributed by atoms with van der Waals surface area (Å²) in [4.78, 5) is 0. The fourth-order valence-electron chi connectivity index (χ4n) is 2.76. The molecule has 0 aliphatic carbocycles. The molecule has 0 amide bonds. The van der Waals surface area contributed by atoms with Crippen molar-refractivity contribution < 1.29 is 12.6 Å². The predicted molar refractivity (Wildman–Crippen MR) is 105 cm³/mol. The zero-order valence-electron chi connectivity index (χ0n) is 16.4. The van der Waals surface area contributed by atoms with Crippen molar-refractivity contribution in [2.45, 2.75) is 117 Å². The number of hydrogen-bond donors (Lipinski definition) is 0. The number of hydrogen-bond acceptors (Lipinski definition) is 3. The Bertz CT molecular complexity index is 235. The zero-order valence-corrected chi connectivity index (χ0v) is 17.2. The minimum absolute atomic E-state index is 0.555. The van der Waals surface area contributed by atoms with E-state index in [-0.39, 0.29) is 0 Å². The average Bonchev–Trinajstić information content (AvgIpc) is 2.59. The lowest BCUT2D eigenvalue weighted by atomic mass is 10.1. The van der Waals surface area contributed by atoms with Gasteiger partial charge in [-0.3, -0.25) is 8.37 Å². The molecule has 0 aliphatic heterocycles. The molecule has 0 N–H and O–H groups in total. The Morgan fingerprint density at radius 2 is 0.792 bits per heavy atom. The third kappa shape index (κ3) is 20.1. The molecule has 4 heteroatoms. The summed E-state index contributed by atoms with van der Waals surface area (Å²) in [6, 6.07) is 0. The smallest absolute Gasteiger partial charge is 0.268 e. The van der Waals surface area contributed by atoms with Crippen LogP contribution in [0, 0.1) is 0 Å². The summed E-state index contributed by atoms with van der Waals surface area (Å²) in [6.07, 6.45) is 20.2. The molecule has 0 heterocycles. The highest BCUT2D eigenvalue weighted by molar-refractivity contribution is 7.75. The Morgan fingerprint density at radius 1 is 0.500 bits per heavy atom. The van der Waals surface area contributed by atoms with Gasteiger partial charge in [-0.25, -0.2) is 0 Å². The van der Waals surface area contributed by atoms with Crippen LogP contribution in [0.25, 0.3) is 0 Å². The van der Waals surface area contributed by atoms with E-state index in [1.165, 1.54) is 89.9 Å². The van der Waals surface area contributed by atoms with Gasteiger partial charge in [0.25, 0.3) is 0 Å². The summed E-state index contributed by atoms with van der Waals surface area (Å²) >= 11 is -1.54. The van der Waals surface area contributed by atoms with Crippen LogP contribution >= 0.6 is 0 Å². The fourth-order valence-corrected chi connectivity index (χ4v) is 3.34. The van der Waals surface area contributed by atoms with Crippen LogP contribution in [0.15, 0.2) is 0 Å². The Morgan fingerprint density at radius 3 is 1.12 bits per heavy atom. The van der Waals surface area contributed by atoms with E-state index >= 15 is 0 Å². The lowest BCUT2D eigenvalue weighted by molar-refractivity contribution is 0.240. The van der Waals surface area contributed by atoms with E-state index < -0.39 is 11.4 Å². The first-order valence-corrected chi connectivity index (χ1v) is 11.5. The summed E-state index contributed by atoms with van der Waals surface area (Å²) in [6.45, 7) is 5.60. The molecule has 0 rings (SSSR count). The summed E-state index contributed by atoms with van der Waals surface area (Å²) < 4.78 is 21.9. The fraction of sp³-hybridized carbons (Fsp3) is 1.00. The number of unbranched alkanes of at least 4 members (excludes halogenated alkanes) is 14. The first-order chi connectivity index (χ1) is 11.8. The molecule has 0 bridgehead atoms. The van der Waals surface area contributed by atoms with Gasteiger partial charge in [0.1, 0.15) is 0 Å². The van der Waals surface area contributed by atoms with Crippen LogP contribution in [-0.4, -0.2) is 17.4 Å². The Balaban J connectivity index is 3.13. The maximum absolute atomic E-state index is 11.5. The van der Waals surface area contributed by atoms with Crippen molar-refractivity contribution in [1.29, 1.82) is 0 Å². The normalized spacial score (nSPS) is 11.5. The molecule has 0 aromatic rings. The quantitative estimate of drug-likeness (QED) is 0.221. The van der Waals surface area contributed by atoms with E-state index in [1.54, 1.807) is 0 Å². The molecule has 0 aliphatic rings. The first kappa shape index (κ1) is 24.1. The van der Waals surface area contributed by atoms with E-state index in [1.807, 2.05) is 0 Å². The Hall–Kier alpha value is 0.0700. The highest BCUT2D eigenvalue weighted by Crippen LogP contribution is 2.10. The molecule has 0 aromatic carbocycles. The van der Waals surface area contributed by atoms with Gasteiger partial charge in [0.05, 0.1) is 13.2 Å². The molecule has 3 nitrogen and oxygen atoms in total. The molecule has 0 unspecified atom stereocenters. The van der Waals surface area contributed by atoms with E-state index in [9.17, 15) is 4.21 Å². The highest BCUT2D eigenvalue weighted by Gasteiger charge is 2.01. The van der Waals surface area contributed by atoms with Gasteiger partial charge < -0.3 is 0 Å². The first-order valence-electron chi connectivity index (χ1n) is 10.5. The van der Waals surface area contributed by atoms with E-state index in [2.05, 4.69) is 13.8 Å². The van der Waals surface area contributed by atoms with Crippen LogP contribution in [0.3, 0.4) is 0 Å². The molecule has 0 saturated heterocycles. The van der Waals surface area contributed by atoms with E-state index in [0.29, 0.717) is 13.2 Å². The van der Waals surface area contributed by atoms with Gasteiger partial charge in [-0.1, -0.05) is 104 Å². The summed E-state index contributed by atoms with van der Waals surface area (Å²) in [5, 5.41) is 0. The van der Waals surface area contributed by atoms with E-state index in [4.69, 9.17) is 8.37 Å². The summed E-state index contributed by atoms with van der Waals surface area (Å²) in [7, 11) is 0. The lowest BCUT2D eigenvalue weighted by Crippen LogP contribution is -2.05. The van der Waals surface area contributed by atoms with E-state index in [0.717, 1.165) is 12.8 Å². The van der Waals surface area contributed by atoms with Gasteiger partial charge in [0.2, 0.25) is 0 Å². The van der Waals surface area contributed by atoms with Crippen LogP contribution in [0.4, 0.5) is 0 Å². The zero-order chi connectivity index (χ0) is 17.7. The van der Waals surface area contributed by atoms with Crippen LogP contribution in [0.2, 0.25) is 0 Å². The highest BCUT2D eigenvalue weighted by atomic mass is 32.2. The molecule has 0 fully saturated rings. The molecular weight excluding hydrogens is 320 g/mol. The standard InChI is InChI=1S/C20H42O3S/c1-3-5-7-9-11-13-15-17-19-22-24(21)23-20-18-16-14-12-10-8-6-4-2/h3-20H2,1-2H3. The van der Waals surface area contributed by atoms with Crippen molar-refractivity contribution in [2.75, 3.05) is 13.2 Å². The molecule has 146 valence electrons. The topological polar surface area (TPSA) is 35.5 Å². The van der Waals surface area contributed by atoms with Crippen LogP contribution in [-0.2, 0) is 19.7 Å². The van der Waals surface area contributed by atoms with Gasteiger partial charge >= 0.3 is 11.4 Å². The van der Waals surface area contributed by atoms with Crippen molar-refractivity contribution in [2.24, 2.45) is 0 Å². The summed E-state index contributed by atoms with van der Waals surface area (Å²) in [5.41, 5.74) is 0. The second-order valence-electron chi connectivity index (χ2n) is 6.80. The molecule has 0 radical (unpaired) electrons. The van der Waals surface area contributed by atoms with Gasteiger partial charge in [-0.15, -0.1) is 0 Å². The van der Waals surface area contributed by atoms with Crippen LogP contribution in [0.1, 0.15) is 117 Å². The second kappa shape index (κ2) is 21.1. The minimum Gasteiger partial charge on any atom is -0.268 e. The van der Waals surface area contributed by atoms with Crippen molar-refractivity contribution in [1.82, 2.24) is 0 Å². The third-order valence-electron chi connectivity index (χ3n) is 4.35. The predicted octanol–water partition coefficient (Wildman–Crippen LogP) is 6.88. The Labute approximate surface area is 154 Å². The van der Waals surface area contributed by atoms with Crippen molar-refractivity contribution in [3.05, 3.63) is 0 Å². The average molecular weight is 363 g/mol. The molecule has 0 atom stereocenters. The van der Waals surface area contributed by atoms with Gasteiger partial charge in [-0.2, -0.15) is 4.21 Å². The van der Waals surface area contributed by atoms with Gasteiger partial charge in [0, 0.05) is 0 Å². The van der Waals surface area contributed by atoms with Gasteiger partial charge in [0.15, 0.2) is 0 Å². The maximum Gasteiger partial charge on any atom is 0.304 e. The molecule has 0 spiro atoms. The molecule has 0 aromatic heterocycles. The SMILES string of the molecule is CCCCCCCCCCOS(=O)OCCCCCCCCCC. The van der Waals surface area contributed by atoms with Crippen molar-refractivity contribution in [3.8, 4) is 0 Å². The maximum atomic E-state index is 11.5. The number of rotatable bonds is 20. The molecule has 0 saturated carbocycles. The molecule has 24 heavy (non-hydrogen) atoms. The van der Waals surface area contributed by atoms with Crippen LogP contribution < -0.4 is 0 Å². The Kier molecular flexibility index (Phi) is 21.2. The van der Waals surface area contributed by atoms with Gasteiger partial charge in [-0.05, 0) is 12.8 Å². The third-order valence-corrected chi connectivity index (χ3v) is 5.07. The monoisotopic (exact) mass is 362 g/mol. The van der Waals surface area contributed by atoms with Crippen molar-refractivity contribution >= 4 is 11.4 Å². The minimum atomic E-state index is -1.54. The summed E-state index contributed by atoms with van der Waals surface area (Å²) in [5.74, 6) is 0. The lowest BCUT2D eigenvalue weighted by Gasteiger charge is -2.05. The molecular formula is C20H42O3S. The largest absolute Gasteiger partial charge is 0.304 e. The van der Waals surface area contributed by atoms with Crippen LogP contribution in [0.5, 0.6) is 0 Å². The van der Waals surface area contributed by atoms with Crippen molar-refractivity contribution in [3.63, 3.8) is 0 Å².